The highest BCUT2D eigenvalue weighted by Crippen LogP contribution is 2.50. The number of Topliss-reactive ketones (excluding diaryl/α,β-unsaturated/α-hetero) is 1. The molecule has 1 nitrogen and oxygen atoms in total. The van der Waals surface area contributed by atoms with Gasteiger partial charge < -0.3 is 0 Å². The van der Waals surface area contributed by atoms with Crippen LogP contribution in [0.5, 0.6) is 0 Å². The van der Waals surface area contributed by atoms with Crippen molar-refractivity contribution in [1.29, 1.82) is 0 Å². The van der Waals surface area contributed by atoms with Crippen molar-refractivity contribution in [2.75, 3.05) is 23.5 Å². The van der Waals surface area contributed by atoms with E-state index in [2.05, 4.69) is 6.26 Å². The first-order valence-corrected chi connectivity index (χ1v) is 6.38. The first-order chi connectivity index (χ1) is 4.62. The number of hydrogen-bond acceptors (Lipinski definition) is 1. The molecule has 1 saturated heterocycles. The van der Waals surface area contributed by atoms with Crippen LogP contribution < -0.4 is 0 Å². The van der Waals surface area contributed by atoms with Gasteiger partial charge in [0.2, 0.25) is 0 Å². The van der Waals surface area contributed by atoms with Crippen molar-refractivity contribution in [3.8, 4) is 0 Å². The Balaban J connectivity index is 2.43. The summed E-state index contributed by atoms with van der Waals surface area (Å²) in [5.74, 6) is 3.95. The zero-order valence-electron chi connectivity index (χ0n) is 6.85. The van der Waals surface area contributed by atoms with Gasteiger partial charge in [0.1, 0.15) is 5.78 Å². The van der Waals surface area contributed by atoms with Crippen LogP contribution >= 0.6 is 10.0 Å². The molecule has 0 aromatic carbocycles. The number of carbonyl (C=O) groups is 1. The first kappa shape index (κ1) is 8.12. The zero-order chi connectivity index (χ0) is 7.61. The molecule has 0 bridgehead atoms. The van der Waals surface area contributed by atoms with E-state index < -0.39 is 10.0 Å². The van der Waals surface area contributed by atoms with E-state index in [0.717, 1.165) is 5.75 Å². The van der Waals surface area contributed by atoms with E-state index in [4.69, 9.17) is 0 Å². The Morgan fingerprint density at radius 1 is 1.40 bits per heavy atom. The molecule has 0 saturated carbocycles. The van der Waals surface area contributed by atoms with Crippen LogP contribution in [-0.2, 0) is 4.79 Å². The minimum Gasteiger partial charge on any atom is -0.299 e. The summed E-state index contributed by atoms with van der Waals surface area (Å²) >= 11 is 0. The molecule has 60 valence electrons. The normalized spacial score (nSPS) is 26.2. The highest BCUT2D eigenvalue weighted by molar-refractivity contribution is 8.33. The van der Waals surface area contributed by atoms with E-state index >= 15 is 0 Å². The molecule has 0 radical (unpaired) electrons. The third kappa shape index (κ3) is 2.01. The van der Waals surface area contributed by atoms with E-state index in [1.165, 1.54) is 24.3 Å². The van der Waals surface area contributed by atoms with Crippen LogP contribution in [0.2, 0.25) is 0 Å². The lowest BCUT2D eigenvalue weighted by atomic mass is 10.4. The van der Waals surface area contributed by atoms with Gasteiger partial charge in [0.15, 0.2) is 0 Å². The van der Waals surface area contributed by atoms with Gasteiger partial charge in [-0.2, -0.15) is 0 Å². The number of ketones is 1. The third-order valence-corrected chi connectivity index (χ3v) is 5.73. The van der Waals surface area contributed by atoms with Gasteiger partial charge >= 0.3 is 0 Å². The van der Waals surface area contributed by atoms with Gasteiger partial charge in [-0.05, 0) is 37.5 Å². The minimum atomic E-state index is -0.453. The number of hydrogen-bond donors (Lipinski definition) is 0. The molecule has 1 aliphatic heterocycles. The van der Waals surface area contributed by atoms with Crippen molar-refractivity contribution in [3.63, 3.8) is 0 Å². The Morgan fingerprint density at radius 3 is 2.30 bits per heavy atom. The minimum absolute atomic E-state index is 0.388. The predicted molar refractivity (Wildman–Crippen MR) is 48.0 cm³/mol. The molecule has 2 heteroatoms. The highest BCUT2D eigenvalue weighted by atomic mass is 32.3. The Kier molecular flexibility index (Phi) is 2.40. The summed E-state index contributed by atoms with van der Waals surface area (Å²) in [6.45, 7) is 1.72. The van der Waals surface area contributed by atoms with E-state index in [1.807, 2.05) is 0 Å². The molecule has 1 heterocycles. The Labute approximate surface area is 64.5 Å². The fourth-order valence-electron chi connectivity index (χ4n) is 1.64. The second-order valence-electron chi connectivity index (χ2n) is 3.44. The van der Waals surface area contributed by atoms with Crippen molar-refractivity contribution in [2.24, 2.45) is 0 Å². The van der Waals surface area contributed by atoms with Crippen LogP contribution in [0.1, 0.15) is 19.8 Å². The maximum Gasteiger partial charge on any atom is 0.138 e. The van der Waals surface area contributed by atoms with Crippen LogP contribution in [0.15, 0.2) is 0 Å². The van der Waals surface area contributed by atoms with Gasteiger partial charge in [-0.25, -0.2) is 10.0 Å². The number of rotatable bonds is 2. The van der Waals surface area contributed by atoms with E-state index in [0.29, 0.717) is 5.78 Å². The van der Waals surface area contributed by atoms with Gasteiger partial charge in [0.25, 0.3) is 0 Å². The fraction of sp³-hybridized carbons (Fsp3) is 0.875. The first-order valence-electron chi connectivity index (χ1n) is 3.83. The summed E-state index contributed by atoms with van der Waals surface area (Å²) in [7, 11) is -0.453. The van der Waals surface area contributed by atoms with Crippen molar-refractivity contribution < 1.29 is 4.79 Å². The quantitative estimate of drug-likeness (QED) is 0.602. The highest BCUT2D eigenvalue weighted by Gasteiger charge is 2.24. The summed E-state index contributed by atoms with van der Waals surface area (Å²) in [6, 6.07) is 0. The molecule has 0 amide bonds. The van der Waals surface area contributed by atoms with Gasteiger partial charge in [-0.3, -0.25) is 4.79 Å². The molecule has 0 aliphatic carbocycles. The average molecular weight is 160 g/mol. The molecule has 1 aliphatic rings. The molecule has 0 unspecified atom stereocenters. The van der Waals surface area contributed by atoms with E-state index in [9.17, 15) is 4.79 Å². The van der Waals surface area contributed by atoms with Crippen molar-refractivity contribution in [2.45, 2.75) is 19.8 Å². The summed E-state index contributed by atoms with van der Waals surface area (Å²) in [5.41, 5.74) is 0. The average Bonchev–Trinajstić information content (AvgIpc) is 2.12. The van der Waals surface area contributed by atoms with Crippen LogP contribution in [0.3, 0.4) is 0 Å². The lowest BCUT2D eigenvalue weighted by Gasteiger charge is -2.28. The van der Waals surface area contributed by atoms with Crippen molar-refractivity contribution in [3.05, 3.63) is 0 Å². The molecule has 0 N–H and O–H groups in total. The Morgan fingerprint density at radius 2 is 1.90 bits per heavy atom. The smallest absolute Gasteiger partial charge is 0.138 e. The molecule has 1 fully saturated rings. The largest absolute Gasteiger partial charge is 0.299 e. The van der Waals surface area contributed by atoms with Gasteiger partial charge in [0, 0.05) is 5.75 Å². The summed E-state index contributed by atoms with van der Waals surface area (Å²) < 4.78 is 0. The lowest BCUT2D eigenvalue weighted by molar-refractivity contribution is -0.114. The van der Waals surface area contributed by atoms with Crippen LogP contribution in [0.4, 0.5) is 0 Å². The molecule has 0 aromatic heterocycles. The van der Waals surface area contributed by atoms with Gasteiger partial charge in [-0.1, -0.05) is 0 Å². The summed E-state index contributed by atoms with van der Waals surface area (Å²) in [4.78, 5) is 10.8. The van der Waals surface area contributed by atoms with E-state index in [1.54, 1.807) is 6.92 Å². The molecule has 0 aromatic rings. The van der Waals surface area contributed by atoms with Gasteiger partial charge in [-0.15, -0.1) is 0 Å². The molecule has 0 atom stereocenters. The molecular formula is C8H16OS. The molecule has 1 rings (SSSR count). The SMILES string of the molecule is CC(=O)CS1(C)CCCC1. The third-order valence-electron chi connectivity index (χ3n) is 2.08. The molecule has 0 spiro atoms. The maximum atomic E-state index is 10.8. The molecule has 10 heavy (non-hydrogen) atoms. The second kappa shape index (κ2) is 2.95. The van der Waals surface area contributed by atoms with Crippen molar-refractivity contribution >= 4 is 15.8 Å². The Bertz CT molecular complexity index is 136. The van der Waals surface area contributed by atoms with Crippen LogP contribution in [-0.4, -0.2) is 29.3 Å². The fourth-order valence-corrected chi connectivity index (χ4v) is 4.91. The summed E-state index contributed by atoms with van der Waals surface area (Å²) in [6.07, 6.45) is 5.04. The van der Waals surface area contributed by atoms with Crippen LogP contribution in [0, 0.1) is 0 Å². The van der Waals surface area contributed by atoms with Gasteiger partial charge in [0.05, 0.1) is 0 Å². The molecular weight excluding hydrogens is 144 g/mol. The monoisotopic (exact) mass is 160 g/mol. The topological polar surface area (TPSA) is 17.1 Å². The maximum absolute atomic E-state index is 10.8. The second-order valence-corrected chi connectivity index (χ2v) is 7.50. The number of carbonyl (C=O) groups excluding carboxylic acids is 1. The van der Waals surface area contributed by atoms with Crippen LogP contribution in [0.25, 0.3) is 0 Å². The summed E-state index contributed by atoms with van der Waals surface area (Å²) in [5, 5.41) is 0. The zero-order valence-corrected chi connectivity index (χ0v) is 7.67. The Hall–Kier alpha value is 0.0200. The lowest BCUT2D eigenvalue weighted by Crippen LogP contribution is -2.11. The predicted octanol–water partition coefficient (Wildman–Crippen LogP) is 1.80. The standard InChI is InChI=1S/C8H16OS/c1-8(9)7-10(2)5-3-4-6-10/h3-7H2,1-2H3. The van der Waals surface area contributed by atoms with Crippen molar-refractivity contribution in [1.82, 2.24) is 0 Å². The van der Waals surface area contributed by atoms with E-state index in [-0.39, 0.29) is 0 Å².